The second-order valence-corrected chi connectivity index (χ2v) is 4.06. The van der Waals surface area contributed by atoms with Gasteiger partial charge in [-0.1, -0.05) is 6.92 Å². The first-order chi connectivity index (χ1) is 8.54. The molecule has 0 saturated carbocycles. The Morgan fingerprint density at radius 3 is 2.44 bits per heavy atom. The Labute approximate surface area is 106 Å². The van der Waals surface area contributed by atoms with E-state index < -0.39 is 0 Å². The predicted molar refractivity (Wildman–Crippen MR) is 68.4 cm³/mol. The highest BCUT2D eigenvalue weighted by atomic mass is 16.3. The number of aromatic hydroxyl groups is 1. The van der Waals surface area contributed by atoms with E-state index in [-0.39, 0.29) is 24.1 Å². The molecule has 0 aliphatic carbocycles. The summed E-state index contributed by atoms with van der Waals surface area (Å²) in [5.74, 6) is -0.317. The minimum absolute atomic E-state index is 0.0275. The maximum Gasteiger partial charge on any atom is 0.254 e. The lowest BCUT2D eigenvalue weighted by atomic mass is 10.2. The van der Waals surface area contributed by atoms with Crippen molar-refractivity contribution in [2.24, 2.45) is 0 Å². The fraction of sp³-hybridized carbons (Fsp3) is 0.385. The van der Waals surface area contributed by atoms with Gasteiger partial charge < -0.3 is 15.3 Å². The number of nitrogens with zero attached hydrogens (tertiary/aromatic N) is 1. The molecule has 0 fully saturated rings. The Morgan fingerprint density at radius 2 is 1.89 bits per heavy atom. The van der Waals surface area contributed by atoms with Gasteiger partial charge in [0.1, 0.15) is 5.75 Å². The van der Waals surface area contributed by atoms with Crippen LogP contribution in [-0.2, 0) is 4.79 Å². The normalized spacial score (nSPS) is 9.89. The molecule has 0 aliphatic heterocycles. The first-order valence-electron chi connectivity index (χ1n) is 5.85. The first-order valence-corrected chi connectivity index (χ1v) is 5.85. The molecule has 2 amide bonds. The van der Waals surface area contributed by atoms with E-state index in [4.69, 9.17) is 5.11 Å². The van der Waals surface area contributed by atoms with Gasteiger partial charge in [0.15, 0.2) is 0 Å². The second-order valence-electron chi connectivity index (χ2n) is 4.06. The fourth-order valence-electron chi connectivity index (χ4n) is 1.43. The fourth-order valence-corrected chi connectivity index (χ4v) is 1.43. The molecule has 18 heavy (non-hydrogen) atoms. The SMILES string of the molecule is CCCNC(=O)CN(C)C(=O)c1ccc(O)cc1. The number of hydrogen-bond acceptors (Lipinski definition) is 3. The lowest BCUT2D eigenvalue weighted by molar-refractivity contribution is -0.121. The Hall–Kier alpha value is -2.04. The lowest BCUT2D eigenvalue weighted by Crippen LogP contribution is -2.38. The number of carbonyl (C=O) groups is 2. The largest absolute Gasteiger partial charge is 0.508 e. The van der Waals surface area contributed by atoms with Crippen molar-refractivity contribution in [3.05, 3.63) is 29.8 Å². The molecule has 1 rings (SSSR count). The van der Waals surface area contributed by atoms with Gasteiger partial charge in [-0.3, -0.25) is 9.59 Å². The molecule has 98 valence electrons. The van der Waals surface area contributed by atoms with Crippen molar-refractivity contribution < 1.29 is 14.7 Å². The lowest BCUT2D eigenvalue weighted by Gasteiger charge is -2.16. The highest BCUT2D eigenvalue weighted by Crippen LogP contribution is 2.11. The maximum absolute atomic E-state index is 11.9. The van der Waals surface area contributed by atoms with E-state index >= 15 is 0 Å². The number of hydrogen-bond donors (Lipinski definition) is 2. The summed E-state index contributed by atoms with van der Waals surface area (Å²) in [6.45, 7) is 2.60. The van der Waals surface area contributed by atoms with E-state index in [0.29, 0.717) is 12.1 Å². The highest BCUT2D eigenvalue weighted by molar-refractivity contribution is 5.96. The smallest absolute Gasteiger partial charge is 0.254 e. The Morgan fingerprint density at radius 1 is 1.28 bits per heavy atom. The number of likely N-dealkylation sites (N-methyl/N-ethyl adjacent to an activating group) is 1. The average Bonchev–Trinajstić information content (AvgIpc) is 2.36. The third-order valence-corrected chi connectivity index (χ3v) is 2.41. The van der Waals surface area contributed by atoms with E-state index in [1.165, 1.54) is 29.2 Å². The van der Waals surface area contributed by atoms with Crippen molar-refractivity contribution >= 4 is 11.8 Å². The van der Waals surface area contributed by atoms with Gasteiger partial charge in [-0.15, -0.1) is 0 Å². The molecule has 0 atom stereocenters. The van der Waals surface area contributed by atoms with Crippen LogP contribution in [0.2, 0.25) is 0 Å². The summed E-state index contributed by atoms with van der Waals surface area (Å²) in [7, 11) is 1.57. The van der Waals surface area contributed by atoms with Gasteiger partial charge in [-0.05, 0) is 30.7 Å². The molecule has 0 aliphatic rings. The summed E-state index contributed by atoms with van der Waals surface area (Å²) >= 11 is 0. The van der Waals surface area contributed by atoms with E-state index in [2.05, 4.69) is 5.32 Å². The van der Waals surface area contributed by atoms with Crippen molar-refractivity contribution in [1.29, 1.82) is 0 Å². The van der Waals surface area contributed by atoms with Crippen LogP contribution in [0.25, 0.3) is 0 Å². The molecule has 2 N–H and O–H groups in total. The third-order valence-electron chi connectivity index (χ3n) is 2.41. The van der Waals surface area contributed by atoms with E-state index in [9.17, 15) is 9.59 Å². The molecule has 0 bridgehead atoms. The van der Waals surface area contributed by atoms with Crippen molar-refractivity contribution in [2.45, 2.75) is 13.3 Å². The van der Waals surface area contributed by atoms with Gasteiger partial charge >= 0.3 is 0 Å². The van der Waals surface area contributed by atoms with Crippen molar-refractivity contribution in [1.82, 2.24) is 10.2 Å². The summed E-state index contributed by atoms with van der Waals surface area (Å²) in [6, 6.07) is 5.94. The van der Waals surface area contributed by atoms with Crippen LogP contribution >= 0.6 is 0 Å². The Bertz CT molecular complexity index is 415. The molecule has 5 heteroatoms. The summed E-state index contributed by atoms with van der Waals surface area (Å²) in [5.41, 5.74) is 0.443. The number of amides is 2. The minimum Gasteiger partial charge on any atom is -0.508 e. The quantitative estimate of drug-likeness (QED) is 0.818. The number of carbonyl (C=O) groups excluding carboxylic acids is 2. The summed E-state index contributed by atoms with van der Waals surface area (Å²) in [5, 5.41) is 11.8. The molecule has 0 heterocycles. The van der Waals surface area contributed by atoms with E-state index in [0.717, 1.165) is 6.42 Å². The molecule has 0 saturated heterocycles. The van der Waals surface area contributed by atoms with E-state index in [1.807, 2.05) is 6.92 Å². The number of benzene rings is 1. The average molecular weight is 250 g/mol. The van der Waals surface area contributed by atoms with Crippen LogP contribution in [-0.4, -0.2) is 42.0 Å². The molecule has 0 spiro atoms. The van der Waals surface area contributed by atoms with Crippen LogP contribution in [0.15, 0.2) is 24.3 Å². The predicted octanol–water partition coefficient (Wildman–Crippen LogP) is 0.990. The monoisotopic (exact) mass is 250 g/mol. The van der Waals surface area contributed by atoms with Crippen LogP contribution in [0.4, 0.5) is 0 Å². The molecular formula is C13H18N2O3. The van der Waals surface area contributed by atoms with Crippen LogP contribution in [0.5, 0.6) is 5.75 Å². The van der Waals surface area contributed by atoms with Crippen molar-refractivity contribution in [2.75, 3.05) is 20.1 Å². The molecule has 5 nitrogen and oxygen atoms in total. The van der Waals surface area contributed by atoms with Crippen molar-refractivity contribution in [3.63, 3.8) is 0 Å². The van der Waals surface area contributed by atoms with Gasteiger partial charge in [0, 0.05) is 19.2 Å². The Kier molecular flexibility index (Phi) is 5.17. The number of rotatable bonds is 5. The minimum atomic E-state index is -0.248. The highest BCUT2D eigenvalue weighted by Gasteiger charge is 2.14. The zero-order valence-corrected chi connectivity index (χ0v) is 10.6. The van der Waals surface area contributed by atoms with Gasteiger partial charge in [0.05, 0.1) is 6.54 Å². The van der Waals surface area contributed by atoms with Gasteiger partial charge in [0.2, 0.25) is 5.91 Å². The number of phenols is 1. The molecule has 1 aromatic rings. The van der Waals surface area contributed by atoms with Crippen LogP contribution in [0.3, 0.4) is 0 Å². The molecule has 0 aromatic heterocycles. The van der Waals surface area contributed by atoms with Crippen LogP contribution in [0.1, 0.15) is 23.7 Å². The molecule has 0 unspecified atom stereocenters. The van der Waals surface area contributed by atoms with Crippen LogP contribution in [0, 0.1) is 0 Å². The maximum atomic E-state index is 11.9. The topological polar surface area (TPSA) is 69.6 Å². The first kappa shape index (κ1) is 14.0. The summed E-state index contributed by atoms with van der Waals surface area (Å²) in [6.07, 6.45) is 0.862. The third kappa shape index (κ3) is 4.08. The Balaban J connectivity index is 2.56. The number of phenolic OH excluding ortho intramolecular Hbond substituents is 1. The van der Waals surface area contributed by atoms with Crippen molar-refractivity contribution in [3.8, 4) is 5.75 Å². The van der Waals surface area contributed by atoms with Crippen LogP contribution < -0.4 is 5.32 Å². The standard InChI is InChI=1S/C13H18N2O3/c1-3-8-14-12(17)9-15(2)13(18)10-4-6-11(16)7-5-10/h4-7,16H,3,8-9H2,1-2H3,(H,14,17). The zero-order chi connectivity index (χ0) is 13.5. The summed E-state index contributed by atoms with van der Waals surface area (Å²) < 4.78 is 0. The molecular weight excluding hydrogens is 232 g/mol. The number of nitrogens with one attached hydrogen (secondary N) is 1. The van der Waals surface area contributed by atoms with Gasteiger partial charge in [-0.25, -0.2) is 0 Å². The summed E-state index contributed by atoms with van der Waals surface area (Å²) in [4.78, 5) is 24.7. The second kappa shape index (κ2) is 6.64. The van der Waals surface area contributed by atoms with Gasteiger partial charge in [0.25, 0.3) is 5.91 Å². The molecule has 1 aromatic carbocycles. The zero-order valence-electron chi connectivity index (χ0n) is 10.6. The van der Waals surface area contributed by atoms with Gasteiger partial charge in [-0.2, -0.15) is 0 Å². The van der Waals surface area contributed by atoms with E-state index in [1.54, 1.807) is 7.05 Å². The molecule has 0 radical (unpaired) electrons.